The number of Topliss-reactive ketones (excluding diaryl/α,β-unsaturated/α-hetero) is 1. The molecule has 0 heterocycles. The zero-order valence-corrected chi connectivity index (χ0v) is 11.0. The van der Waals surface area contributed by atoms with E-state index in [4.69, 9.17) is 0 Å². The van der Waals surface area contributed by atoms with Crippen LogP contribution in [0.15, 0.2) is 24.3 Å². The van der Waals surface area contributed by atoms with Crippen molar-refractivity contribution in [3.8, 4) is 0 Å². The standard InChI is InChI=1S/C12H15FO4S/c1-9(18(15,16)8-7-17-2)12(14)10-3-5-11(13)6-4-10/h3-6,9H,7-8H2,1-2H3. The van der Waals surface area contributed by atoms with Gasteiger partial charge in [0, 0.05) is 12.7 Å². The van der Waals surface area contributed by atoms with Gasteiger partial charge in [-0.05, 0) is 31.2 Å². The number of hydrogen-bond acceptors (Lipinski definition) is 4. The summed E-state index contributed by atoms with van der Waals surface area (Å²) in [5.41, 5.74) is 0.185. The monoisotopic (exact) mass is 274 g/mol. The van der Waals surface area contributed by atoms with Gasteiger partial charge in [0.2, 0.25) is 0 Å². The summed E-state index contributed by atoms with van der Waals surface area (Å²) in [5.74, 6) is -1.22. The van der Waals surface area contributed by atoms with Crippen molar-refractivity contribution in [1.82, 2.24) is 0 Å². The molecule has 1 rings (SSSR count). The van der Waals surface area contributed by atoms with Crippen LogP contribution in [0, 0.1) is 5.82 Å². The van der Waals surface area contributed by atoms with Gasteiger partial charge in [-0.2, -0.15) is 0 Å². The van der Waals surface area contributed by atoms with Crippen molar-refractivity contribution in [1.29, 1.82) is 0 Å². The van der Waals surface area contributed by atoms with E-state index < -0.39 is 26.7 Å². The number of sulfone groups is 1. The third-order valence-corrected chi connectivity index (χ3v) is 4.64. The van der Waals surface area contributed by atoms with Crippen LogP contribution in [0.25, 0.3) is 0 Å². The first-order valence-corrected chi connectivity index (χ1v) is 7.10. The molecule has 1 unspecified atom stereocenters. The molecule has 6 heteroatoms. The van der Waals surface area contributed by atoms with Crippen LogP contribution in [0.2, 0.25) is 0 Å². The second-order valence-electron chi connectivity index (χ2n) is 3.87. The molecule has 1 atom stereocenters. The molecule has 0 aromatic heterocycles. The van der Waals surface area contributed by atoms with Crippen molar-refractivity contribution in [2.75, 3.05) is 19.5 Å². The van der Waals surface area contributed by atoms with E-state index in [0.29, 0.717) is 0 Å². The Hall–Kier alpha value is -1.27. The Kier molecular flexibility index (Phi) is 4.98. The number of carbonyl (C=O) groups is 1. The predicted octanol–water partition coefficient (Wildman–Crippen LogP) is 1.46. The molecule has 0 aliphatic heterocycles. The summed E-state index contributed by atoms with van der Waals surface area (Å²) in [6.07, 6.45) is 0. The van der Waals surface area contributed by atoms with Crippen molar-refractivity contribution in [2.45, 2.75) is 12.2 Å². The molecule has 18 heavy (non-hydrogen) atoms. The summed E-state index contributed by atoms with van der Waals surface area (Å²) < 4.78 is 41.0. The zero-order chi connectivity index (χ0) is 13.8. The van der Waals surface area contributed by atoms with E-state index in [0.717, 1.165) is 12.1 Å². The Labute approximate surface area is 106 Å². The number of methoxy groups -OCH3 is 1. The van der Waals surface area contributed by atoms with Gasteiger partial charge < -0.3 is 4.74 Å². The lowest BCUT2D eigenvalue weighted by Gasteiger charge is -2.11. The lowest BCUT2D eigenvalue weighted by Crippen LogP contribution is -2.30. The van der Waals surface area contributed by atoms with Gasteiger partial charge in [0.15, 0.2) is 15.6 Å². The van der Waals surface area contributed by atoms with Crippen LogP contribution in [0.1, 0.15) is 17.3 Å². The number of ketones is 1. The van der Waals surface area contributed by atoms with Gasteiger partial charge in [0.25, 0.3) is 0 Å². The SMILES string of the molecule is COCCS(=O)(=O)C(C)C(=O)c1ccc(F)cc1. The molecule has 0 bridgehead atoms. The van der Waals surface area contributed by atoms with Gasteiger partial charge in [0.1, 0.15) is 11.1 Å². The van der Waals surface area contributed by atoms with Gasteiger partial charge in [-0.1, -0.05) is 0 Å². The van der Waals surface area contributed by atoms with Crippen LogP contribution in [0.5, 0.6) is 0 Å². The number of hydrogen-bond donors (Lipinski definition) is 0. The van der Waals surface area contributed by atoms with Crippen LogP contribution in [-0.4, -0.2) is 38.9 Å². The molecule has 0 N–H and O–H groups in total. The topological polar surface area (TPSA) is 60.4 Å². The quantitative estimate of drug-likeness (QED) is 0.737. The third kappa shape index (κ3) is 3.61. The first kappa shape index (κ1) is 14.8. The fraction of sp³-hybridized carbons (Fsp3) is 0.417. The maximum Gasteiger partial charge on any atom is 0.180 e. The molecule has 1 aromatic carbocycles. The van der Waals surface area contributed by atoms with Crippen LogP contribution in [0.4, 0.5) is 4.39 Å². The number of ether oxygens (including phenoxy) is 1. The summed E-state index contributed by atoms with van der Waals surface area (Å²) >= 11 is 0. The molecule has 0 amide bonds. The van der Waals surface area contributed by atoms with Gasteiger partial charge in [-0.3, -0.25) is 4.79 Å². The van der Waals surface area contributed by atoms with Gasteiger partial charge in [-0.15, -0.1) is 0 Å². The molecule has 1 aromatic rings. The van der Waals surface area contributed by atoms with Gasteiger partial charge >= 0.3 is 0 Å². The highest BCUT2D eigenvalue weighted by atomic mass is 32.2. The largest absolute Gasteiger partial charge is 0.384 e. The number of carbonyl (C=O) groups excluding carboxylic acids is 1. The van der Waals surface area contributed by atoms with Crippen LogP contribution >= 0.6 is 0 Å². The normalized spacial score (nSPS) is 13.3. The molecule has 0 radical (unpaired) electrons. The molecular weight excluding hydrogens is 259 g/mol. The van der Waals surface area contributed by atoms with Crippen molar-refractivity contribution < 1.29 is 22.3 Å². The fourth-order valence-electron chi connectivity index (χ4n) is 1.39. The van der Waals surface area contributed by atoms with Crippen LogP contribution in [-0.2, 0) is 14.6 Å². The predicted molar refractivity (Wildman–Crippen MR) is 65.9 cm³/mol. The molecule has 0 fully saturated rings. The maximum atomic E-state index is 12.7. The van der Waals surface area contributed by atoms with E-state index in [-0.39, 0.29) is 17.9 Å². The molecule has 4 nitrogen and oxygen atoms in total. The Morgan fingerprint density at radius 2 is 1.89 bits per heavy atom. The second-order valence-corrected chi connectivity index (χ2v) is 6.31. The van der Waals surface area contributed by atoms with Crippen molar-refractivity contribution in [3.05, 3.63) is 35.6 Å². The highest BCUT2D eigenvalue weighted by molar-refractivity contribution is 7.92. The summed E-state index contributed by atoms with van der Waals surface area (Å²) in [5, 5.41) is -1.15. The van der Waals surface area contributed by atoms with E-state index in [1.807, 2.05) is 0 Å². The molecule has 0 aliphatic rings. The van der Waals surface area contributed by atoms with Crippen molar-refractivity contribution in [3.63, 3.8) is 0 Å². The molecule has 100 valence electrons. The minimum Gasteiger partial charge on any atom is -0.384 e. The number of benzene rings is 1. The average Bonchev–Trinajstić information content (AvgIpc) is 2.35. The van der Waals surface area contributed by atoms with Crippen LogP contribution < -0.4 is 0 Å². The lowest BCUT2D eigenvalue weighted by atomic mass is 10.1. The summed E-state index contributed by atoms with van der Waals surface area (Å²) in [6.45, 7) is 1.38. The van der Waals surface area contributed by atoms with Gasteiger partial charge in [0.05, 0.1) is 12.4 Å². The van der Waals surface area contributed by atoms with Crippen molar-refractivity contribution >= 4 is 15.6 Å². The zero-order valence-electron chi connectivity index (χ0n) is 10.2. The fourth-order valence-corrected chi connectivity index (χ4v) is 2.60. The van der Waals surface area contributed by atoms with E-state index in [1.165, 1.54) is 26.2 Å². The minimum absolute atomic E-state index is 0.0450. The summed E-state index contributed by atoms with van der Waals surface area (Å²) in [7, 11) is -2.16. The Bertz CT molecular complexity index is 507. The summed E-state index contributed by atoms with van der Waals surface area (Å²) in [4.78, 5) is 11.9. The van der Waals surface area contributed by atoms with E-state index in [2.05, 4.69) is 4.74 Å². The average molecular weight is 274 g/mol. The molecule has 0 aliphatic carbocycles. The van der Waals surface area contributed by atoms with E-state index in [9.17, 15) is 17.6 Å². The number of halogens is 1. The van der Waals surface area contributed by atoms with Crippen LogP contribution in [0.3, 0.4) is 0 Å². The first-order chi connectivity index (χ1) is 8.38. The second kappa shape index (κ2) is 6.06. The smallest absolute Gasteiger partial charge is 0.180 e. The van der Waals surface area contributed by atoms with Crippen molar-refractivity contribution in [2.24, 2.45) is 0 Å². The third-order valence-electron chi connectivity index (χ3n) is 2.61. The molecular formula is C12H15FO4S. The minimum atomic E-state index is -3.55. The highest BCUT2D eigenvalue weighted by Gasteiger charge is 2.28. The Morgan fingerprint density at radius 1 is 1.33 bits per heavy atom. The maximum absolute atomic E-state index is 12.7. The van der Waals surface area contributed by atoms with Gasteiger partial charge in [-0.25, -0.2) is 12.8 Å². The first-order valence-electron chi connectivity index (χ1n) is 5.39. The Morgan fingerprint density at radius 3 is 2.39 bits per heavy atom. The number of rotatable bonds is 6. The molecule has 0 spiro atoms. The van der Waals surface area contributed by atoms with E-state index >= 15 is 0 Å². The molecule has 0 saturated carbocycles. The van der Waals surface area contributed by atoms with E-state index in [1.54, 1.807) is 0 Å². The lowest BCUT2D eigenvalue weighted by molar-refractivity contribution is 0.0991. The summed E-state index contributed by atoms with van der Waals surface area (Å²) in [6, 6.07) is 4.81. The highest BCUT2D eigenvalue weighted by Crippen LogP contribution is 2.12. The molecule has 0 saturated heterocycles. The Balaban J connectivity index is 2.87.